The number of amides is 1. The van der Waals surface area contributed by atoms with E-state index in [9.17, 15) is 4.79 Å². The fourth-order valence-corrected chi connectivity index (χ4v) is 3.44. The van der Waals surface area contributed by atoms with E-state index in [1.54, 1.807) is 7.11 Å². The highest BCUT2D eigenvalue weighted by Gasteiger charge is 2.24. The Morgan fingerprint density at radius 1 is 1.33 bits per heavy atom. The number of nitrogens with zero attached hydrogens (tertiary/aromatic N) is 1. The van der Waals surface area contributed by atoms with Crippen LogP contribution in [0.1, 0.15) is 37.7 Å². The summed E-state index contributed by atoms with van der Waals surface area (Å²) >= 11 is 3.48. The molecule has 0 aromatic heterocycles. The first-order valence-corrected chi connectivity index (χ1v) is 8.85. The van der Waals surface area contributed by atoms with Crippen LogP contribution in [0.3, 0.4) is 0 Å². The third-order valence-corrected chi connectivity index (χ3v) is 4.51. The van der Waals surface area contributed by atoms with Crippen LogP contribution in [0.5, 0.6) is 5.75 Å². The largest absolute Gasteiger partial charge is 0.497 e. The minimum Gasteiger partial charge on any atom is -0.497 e. The van der Waals surface area contributed by atoms with E-state index in [0.29, 0.717) is 12.5 Å². The Balaban J connectivity index is 2.03. The third kappa shape index (κ3) is 4.73. The van der Waals surface area contributed by atoms with Gasteiger partial charge >= 0.3 is 0 Å². The van der Waals surface area contributed by atoms with Gasteiger partial charge in [0.2, 0.25) is 5.91 Å². The zero-order valence-electron chi connectivity index (χ0n) is 12.7. The summed E-state index contributed by atoms with van der Waals surface area (Å²) in [6.45, 7) is 0.799. The molecule has 0 atom stereocenters. The fourth-order valence-electron chi connectivity index (χ4n) is 3.05. The molecule has 0 N–H and O–H groups in total. The molecule has 0 bridgehead atoms. The van der Waals surface area contributed by atoms with Crippen LogP contribution in [-0.2, 0) is 11.2 Å². The first-order chi connectivity index (χ1) is 10.2. The Bertz CT molecular complexity index is 458. The van der Waals surface area contributed by atoms with Crippen LogP contribution >= 0.6 is 15.9 Å². The highest BCUT2D eigenvalue weighted by molar-refractivity contribution is 9.09. The number of alkyl halides is 1. The average molecular weight is 354 g/mol. The van der Waals surface area contributed by atoms with Crippen LogP contribution in [0.25, 0.3) is 0 Å². The molecule has 0 unspecified atom stereocenters. The molecule has 0 saturated heterocycles. The van der Waals surface area contributed by atoms with E-state index in [-0.39, 0.29) is 5.91 Å². The van der Waals surface area contributed by atoms with Crippen molar-refractivity contribution in [2.24, 2.45) is 0 Å². The summed E-state index contributed by atoms with van der Waals surface area (Å²) in [5.41, 5.74) is 1.02. The second-order valence-electron chi connectivity index (χ2n) is 5.60. The molecule has 1 amide bonds. The summed E-state index contributed by atoms with van der Waals surface area (Å²) in [4.78, 5) is 14.7. The molecule has 4 heteroatoms. The van der Waals surface area contributed by atoms with Crippen LogP contribution in [0.2, 0.25) is 0 Å². The van der Waals surface area contributed by atoms with Crippen molar-refractivity contribution in [3.05, 3.63) is 29.8 Å². The van der Waals surface area contributed by atoms with E-state index in [2.05, 4.69) is 20.8 Å². The molecule has 0 aliphatic heterocycles. The van der Waals surface area contributed by atoms with Crippen molar-refractivity contribution in [2.45, 2.75) is 44.6 Å². The molecule has 1 fully saturated rings. The molecule has 0 spiro atoms. The van der Waals surface area contributed by atoms with Crippen LogP contribution < -0.4 is 4.74 Å². The summed E-state index contributed by atoms with van der Waals surface area (Å²) < 4.78 is 5.23. The SMILES string of the molecule is COc1cccc(CC(=O)N(CCBr)C2CCCCC2)c1. The summed E-state index contributed by atoms with van der Waals surface area (Å²) in [6, 6.07) is 8.22. The molecule has 2 rings (SSSR count). The molecule has 0 heterocycles. The molecular formula is C17H24BrNO2. The zero-order valence-corrected chi connectivity index (χ0v) is 14.3. The van der Waals surface area contributed by atoms with Gasteiger partial charge in [-0.05, 0) is 30.5 Å². The smallest absolute Gasteiger partial charge is 0.227 e. The summed E-state index contributed by atoms with van der Waals surface area (Å²) in [6.07, 6.45) is 6.56. The van der Waals surface area contributed by atoms with Gasteiger partial charge in [-0.2, -0.15) is 0 Å². The molecule has 0 radical (unpaired) electrons. The van der Waals surface area contributed by atoms with Crippen molar-refractivity contribution < 1.29 is 9.53 Å². The van der Waals surface area contributed by atoms with Gasteiger partial charge in [0, 0.05) is 17.9 Å². The minimum atomic E-state index is 0.231. The van der Waals surface area contributed by atoms with Crippen molar-refractivity contribution in [2.75, 3.05) is 19.0 Å². The van der Waals surface area contributed by atoms with Gasteiger partial charge < -0.3 is 9.64 Å². The summed E-state index contributed by atoms with van der Waals surface area (Å²) in [5, 5.41) is 0.841. The Hall–Kier alpha value is -1.03. The second kappa shape index (κ2) is 8.42. The van der Waals surface area contributed by atoms with Gasteiger partial charge in [-0.3, -0.25) is 4.79 Å². The third-order valence-electron chi connectivity index (χ3n) is 4.15. The monoisotopic (exact) mass is 353 g/mol. The van der Waals surface area contributed by atoms with E-state index in [0.717, 1.165) is 36.0 Å². The molecule has 1 saturated carbocycles. The predicted octanol–water partition coefficient (Wildman–Crippen LogP) is 3.79. The van der Waals surface area contributed by atoms with Gasteiger partial charge in [0.1, 0.15) is 5.75 Å². The van der Waals surface area contributed by atoms with Crippen LogP contribution in [0.15, 0.2) is 24.3 Å². The van der Waals surface area contributed by atoms with E-state index >= 15 is 0 Å². The summed E-state index contributed by atoms with van der Waals surface area (Å²) in [5.74, 6) is 1.04. The van der Waals surface area contributed by atoms with E-state index in [1.165, 1.54) is 19.3 Å². The Morgan fingerprint density at radius 2 is 2.10 bits per heavy atom. The highest BCUT2D eigenvalue weighted by Crippen LogP contribution is 2.24. The number of methoxy groups -OCH3 is 1. The number of ether oxygens (including phenoxy) is 1. The van der Waals surface area contributed by atoms with Gasteiger partial charge in [-0.25, -0.2) is 0 Å². The molecule has 1 aromatic carbocycles. The van der Waals surface area contributed by atoms with E-state index in [4.69, 9.17) is 4.74 Å². The van der Waals surface area contributed by atoms with Gasteiger partial charge in [-0.1, -0.05) is 47.3 Å². The quantitative estimate of drug-likeness (QED) is 0.728. The van der Waals surface area contributed by atoms with E-state index < -0.39 is 0 Å². The van der Waals surface area contributed by atoms with Crippen molar-refractivity contribution in [1.82, 2.24) is 4.90 Å². The molecular weight excluding hydrogens is 330 g/mol. The lowest BCUT2D eigenvalue weighted by Crippen LogP contribution is -2.43. The molecule has 116 valence electrons. The molecule has 3 nitrogen and oxygen atoms in total. The number of carbonyl (C=O) groups is 1. The molecule has 1 aliphatic carbocycles. The highest BCUT2D eigenvalue weighted by atomic mass is 79.9. The second-order valence-corrected chi connectivity index (χ2v) is 6.39. The molecule has 1 aromatic rings. The minimum absolute atomic E-state index is 0.231. The maximum Gasteiger partial charge on any atom is 0.227 e. The van der Waals surface area contributed by atoms with Crippen molar-refractivity contribution in [3.8, 4) is 5.75 Å². The number of rotatable bonds is 6. The first kappa shape index (κ1) is 16.3. The first-order valence-electron chi connectivity index (χ1n) is 7.73. The standard InChI is InChI=1S/C17H24BrNO2/c1-21-16-9-5-6-14(12-16)13-17(20)19(11-10-18)15-7-3-2-4-8-15/h5-6,9,12,15H,2-4,7-8,10-11,13H2,1H3. The summed E-state index contributed by atoms with van der Waals surface area (Å²) in [7, 11) is 1.65. The van der Waals surface area contributed by atoms with Crippen molar-refractivity contribution in [3.63, 3.8) is 0 Å². The normalized spacial score (nSPS) is 15.7. The predicted molar refractivity (Wildman–Crippen MR) is 89.1 cm³/mol. The number of benzene rings is 1. The van der Waals surface area contributed by atoms with Gasteiger partial charge in [-0.15, -0.1) is 0 Å². The molecule has 21 heavy (non-hydrogen) atoms. The van der Waals surface area contributed by atoms with Crippen molar-refractivity contribution in [1.29, 1.82) is 0 Å². The Morgan fingerprint density at radius 3 is 2.76 bits per heavy atom. The fraction of sp³-hybridized carbons (Fsp3) is 0.588. The van der Waals surface area contributed by atoms with Crippen LogP contribution in [0.4, 0.5) is 0 Å². The zero-order chi connectivity index (χ0) is 15.1. The number of carbonyl (C=O) groups excluding carboxylic acids is 1. The van der Waals surface area contributed by atoms with Crippen molar-refractivity contribution >= 4 is 21.8 Å². The van der Waals surface area contributed by atoms with Gasteiger partial charge in [0.05, 0.1) is 13.5 Å². The topological polar surface area (TPSA) is 29.5 Å². The average Bonchev–Trinajstić information content (AvgIpc) is 2.53. The van der Waals surface area contributed by atoms with Gasteiger partial charge in [0.25, 0.3) is 0 Å². The number of halogens is 1. The lowest BCUT2D eigenvalue weighted by Gasteiger charge is -2.34. The van der Waals surface area contributed by atoms with Crippen LogP contribution in [0, 0.1) is 0 Å². The Kier molecular flexibility index (Phi) is 6.55. The maximum absolute atomic E-state index is 12.7. The lowest BCUT2D eigenvalue weighted by molar-refractivity contribution is -0.133. The van der Waals surface area contributed by atoms with Gasteiger partial charge in [0.15, 0.2) is 0 Å². The Labute approximate surface area is 135 Å². The van der Waals surface area contributed by atoms with Crippen LogP contribution in [-0.4, -0.2) is 35.8 Å². The van der Waals surface area contributed by atoms with E-state index in [1.807, 2.05) is 24.3 Å². The number of hydrogen-bond donors (Lipinski definition) is 0. The number of hydrogen-bond acceptors (Lipinski definition) is 2. The molecule has 1 aliphatic rings. The lowest BCUT2D eigenvalue weighted by atomic mass is 9.93. The maximum atomic E-state index is 12.7.